The highest BCUT2D eigenvalue weighted by Crippen LogP contribution is 2.15. The largest absolute Gasteiger partial charge is 0.399 e. The molecule has 1 heterocycles. The van der Waals surface area contributed by atoms with Gasteiger partial charge in [0, 0.05) is 18.8 Å². The number of rotatable bonds is 3. The van der Waals surface area contributed by atoms with Crippen molar-refractivity contribution in [1.82, 2.24) is 4.31 Å². The summed E-state index contributed by atoms with van der Waals surface area (Å²) >= 11 is 0. The van der Waals surface area contributed by atoms with Gasteiger partial charge in [-0.3, -0.25) is 0 Å². The molecule has 0 atom stereocenters. The summed E-state index contributed by atoms with van der Waals surface area (Å²) in [7, 11) is -3.23. The van der Waals surface area contributed by atoms with Crippen LogP contribution in [0, 0.1) is 0 Å². The smallest absolute Gasteiger partial charge is 0.218 e. The first-order valence-corrected chi connectivity index (χ1v) is 7.16. The van der Waals surface area contributed by atoms with Crippen LogP contribution in [0.25, 0.3) is 0 Å². The minimum atomic E-state index is -3.23. The molecule has 2 N–H and O–H groups in total. The lowest BCUT2D eigenvalue weighted by Gasteiger charge is -2.22. The second kappa shape index (κ2) is 4.89. The molecule has 0 spiro atoms. The Labute approximate surface area is 102 Å². The topological polar surface area (TPSA) is 63.4 Å². The third kappa shape index (κ3) is 3.08. The Kier molecular flexibility index (Phi) is 3.49. The molecule has 2 rings (SSSR count). The van der Waals surface area contributed by atoms with Gasteiger partial charge in [0.15, 0.2) is 0 Å². The fraction of sp³-hybridized carbons (Fsp3) is 0.333. The molecule has 0 saturated carbocycles. The zero-order chi connectivity index (χ0) is 12.3. The summed E-state index contributed by atoms with van der Waals surface area (Å²) in [6.45, 7) is 1.05. The molecule has 17 heavy (non-hydrogen) atoms. The molecule has 4 nitrogen and oxygen atoms in total. The van der Waals surface area contributed by atoms with Crippen molar-refractivity contribution in [3.63, 3.8) is 0 Å². The van der Waals surface area contributed by atoms with Gasteiger partial charge in [-0.2, -0.15) is 4.31 Å². The predicted octanol–water partition coefficient (Wildman–Crippen LogP) is 1.36. The van der Waals surface area contributed by atoms with E-state index < -0.39 is 10.0 Å². The van der Waals surface area contributed by atoms with Gasteiger partial charge in [-0.15, -0.1) is 0 Å². The van der Waals surface area contributed by atoms with E-state index in [0.717, 1.165) is 12.0 Å². The number of hydrogen-bond donors (Lipinski definition) is 1. The second-order valence-corrected chi connectivity index (χ2v) is 6.09. The van der Waals surface area contributed by atoms with Crippen molar-refractivity contribution in [2.75, 3.05) is 18.8 Å². The van der Waals surface area contributed by atoms with E-state index in [1.807, 2.05) is 12.2 Å². The van der Waals surface area contributed by atoms with E-state index in [1.165, 1.54) is 4.31 Å². The summed E-state index contributed by atoms with van der Waals surface area (Å²) in [6, 6.07) is 7.01. The molecule has 0 amide bonds. The van der Waals surface area contributed by atoms with E-state index in [9.17, 15) is 8.42 Å². The van der Waals surface area contributed by atoms with E-state index in [0.29, 0.717) is 18.8 Å². The minimum absolute atomic E-state index is 0.0197. The third-order valence-corrected chi connectivity index (χ3v) is 4.53. The maximum absolute atomic E-state index is 12.1. The molecule has 1 aliphatic heterocycles. The van der Waals surface area contributed by atoms with Crippen LogP contribution in [0.2, 0.25) is 0 Å². The standard InChI is InChI=1S/C12H16N2O2S/c13-12-6-4-5-11(9-12)10-17(15,16)14-7-2-1-3-8-14/h1-2,4-6,9H,3,7-8,10,13H2. The van der Waals surface area contributed by atoms with Crippen LogP contribution in [-0.2, 0) is 15.8 Å². The Hall–Kier alpha value is -1.33. The summed E-state index contributed by atoms with van der Waals surface area (Å²) in [5.74, 6) is 0.0197. The minimum Gasteiger partial charge on any atom is -0.399 e. The van der Waals surface area contributed by atoms with Crippen LogP contribution in [0.15, 0.2) is 36.4 Å². The molecule has 1 aromatic carbocycles. The fourth-order valence-electron chi connectivity index (χ4n) is 1.86. The van der Waals surface area contributed by atoms with Crippen molar-refractivity contribution in [3.05, 3.63) is 42.0 Å². The van der Waals surface area contributed by atoms with Crippen LogP contribution in [0.3, 0.4) is 0 Å². The molecule has 5 heteroatoms. The lowest BCUT2D eigenvalue weighted by atomic mass is 10.2. The summed E-state index contributed by atoms with van der Waals surface area (Å²) in [5, 5.41) is 0. The van der Waals surface area contributed by atoms with Crippen molar-refractivity contribution in [1.29, 1.82) is 0 Å². The van der Waals surface area contributed by atoms with E-state index in [1.54, 1.807) is 24.3 Å². The number of sulfonamides is 1. The van der Waals surface area contributed by atoms with Crippen LogP contribution < -0.4 is 5.73 Å². The number of hydrogen-bond acceptors (Lipinski definition) is 3. The van der Waals surface area contributed by atoms with Crippen molar-refractivity contribution >= 4 is 15.7 Å². The molecule has 0 aromatic heterocycles. The van der Waals surface area contributed by atoms with Gasteiger partial charge in [-0.1, -0.05) is 24.3 Å². The van der Waals surface area contributed by atoms with E-state index >= 15 is 0 Å². The number of nitrogens with zero attached hydrogens (tertiary/aromatic N) is 1. The molecule has 0 fully saturated rings. The lowest BCUT2D eigenvalue weighted by molar-refractivity contribution is 0.437. The first-order chi connectivity index (χ1) is 8.08. The summed E-state index contributed by atoms with van der Waals surface area (Å²) in [4.78, 5) is 0. The molecule has 0 radical (unpaired) electrons. The van der Waals surface area contributed by atoms with Crippen LogP contribution in [0.4, 0.5) is 5.69 Å². The molecular weight excluding hydrogens is 236 g/mol. The Balaban J connectivity index is 2.14. The Morgan fingerprint density at radius 1 is 1.29 bits per heavy atom. The van der Waals surface area contributed by atoms with Crippen molar-refractivity contribution in [2.24, 2.45) is 0 Å². The quantitative estimate of drug-likeness (QED) is 0.652. The maximum atomic E-state index is 12.1. The molecular formula is C12H16N2O2S. The van der Waals surface area contributed by atoms with E-state index in [-0.39, 0.29) is 5.75 Å². The van der Waals surface area contributed by atoms with E-state index in [4.69, 9.17) is 5.73 Å². The summed E-state index contributed by atoms with van der Waals surface area (Å²) < 4.78 is 25.7. The normalized spacial score (nSPS) is 17.2. The van der Waals surface area contributed by atoms with Gasteiger partial charge >= 0.3 is 0 Å². The third-order valence-electron chi connectivity index (χ3n) is 2.71. The zero-order valence-electron chi connectivity index (χ0n) is 9.54. The van der Waals surface area contributed by atoms with Gasteiger partial charge in [0.2, 0.25) is 10.0 Å². The Morgan fingerprint density at radius 3 is 2.76 bits per heavy atom. The Morgan fingerprint density at radius 2 is 2.12 bits per heavy atom. The van der Waals surface area contributed by atoms with Crippen LogP contribution in [-0.4, -0.2) is 25.8 Å². The highest BCUT2D eigenvalue weighted by molar-refractivity contribution is 7.88. The summed E-state index contributed by atoms with van der Waals surface area (Å²) in [5.41, 5.74) is 6.97. The maximum Gasteiger partial charge on any atom is 0.218 e. The van der Waals surface area contributed by atoms with Gasteiger partial charge in [0.25, 0.3) is 0 Å². The molecule has 1 aliphatic rings. The van der Waals surface area contributed by atoms with Crippen LogP contribution in [0.5, 0.6) is 0 Å². The fourth-order valence-corrected chi connectivity index (χ4v) is 3.34. The highest BCUT2D eigenvalue weighted by atomic mass is 32.2. The average molecular weight is 252 g/mol. The van der Waals surface area contributed by atoms with Crippen LogP contribution in [0.1, 0.15) is 12.0 Å². The predicted molar refractivity (Wildman–Crippen MR) is 68.8 cm³/mol. The molecule has 0 unspecified atom stereocenters. The lowest BCUT2D eigenvalue weighted by Crippen LogP contribution is -2.34. The number of nitrogens with two attached hydrogens (primary N) is 1. The van der Waals surface area contributed by atoms with Crippen LogP contribution >= 0.6 is 0 Å². The zero-order valence-corrected chi connectivity index (χ0v) is 10.4. The second-order valence-electron chi connectivity index (χ2n) is 4.12. The van der Waals surface area contributed by atoms with Gasteiger partial charge in [-0.25, -0.2) is 8.42 Å². The molecule has 0 aliphatic carbocycles. The molecule has 0 saturated heterocycles. The monoisotopic (exact) mass is 252 g/mol. The number of nitrogen functional groups attached to an aromatic ring is 1. The Bertz CT molecular complexity index is 523. The highest BCUT2D eigenvalue weighted by Gasteiger charge is 2.22. The van der Waals surface area contributed by atoms with E-state index in [2.05, 4.69) is 0 Å². The SMILES string of the molecule is Nc1cccc(CS(=O)(=O)N2CC=CCC2)c1. The first-order valence-electron chi connectivity index (χ1n) is 5.55. The number of benzene rings is 1. The summed E-state index contributed by atoms with van der Waals surface area (Å²) in [6.07, 6.45) is 4.68. The van der Waals surface area contributed by atoms with Crippen molar-refractivity contribution in [2.45, 2.75) is 12.2 Å². The molecule has 1 aromatic rings. The van der Waals surface area contributed by atoms with Gasteiger partial charge in [-0.05, 0) is 24.1 Å². The van der Waals surface area contributed by atoms with Gasteiger partial charge in [0.1, 0.15) is 0 Å². The molecule has 0 bridgehead atoms. The van der Waals surface area contributed by atoms with Gasteiger partial charge < -0.3 is 5.73 Å². The van der Waals surface area contributed by atoms with Crippen molar-refractivity contribution in [3.8, 4) is 0 Å². The van der Waals surface area contributed by atoms with Gasteiger partial charge in [0.05, 0.1) is 5.75 Å². The first kappa shape index (κ1) is 12.1. The number of anilines is 1. The molecule has 92 valence electrons. The van der Waals surface area contributed by atoms with Crippen molar-refractivity contribution < 1.29 is 8.42 Å². The average Bonchev–Trinajstić information content (AvgIpc) is 2.29.